The standard InChI is InChI=1S/C22H19NO6/c1-2-27-16-11-9-15(10-12-16)19(24)14-29-22(26)17-6-3-4-7-18(17)23-21(25)20-8-5-13-28-20/h3-13H,2,14H2,1H3,(H,23,25). The highest BCUT2D eigenvalue weighted by molar-refractivity contribution is 6.07. The van der Waals surface area contributed by atoms with Crippen molar-refractivity contribution >= 4 is 23.3 Å². The van der Waals surface area contributed by atoms with Crippen molar-refractivity contribution in [3.8, 4) is 5.75 Å². The number of furan rings is 1. The molecular formula is C22H19NO6. The minimum Gasteiger partial charge on any atom is -0.494 e. The number of hydrogen-bond donors (Lipinski definition) is 1. The maximum absolute atomic E-state index is 12.4. The summed E-state index contributed by atoms with van der Waals surface area (Å²) in [6.07, 6.45) is 1.38. The molecule has 0 unspecified atom stereocenters. The maximum atomic E-state index is 12.4. The minimum absolute atomic E-state index is 0.110. The number of amides is 1. The fourth-order valence-corrected chi connectivity index (χ4v) is 2.56. The fourth-order valence-electron chi connectivity index (χ4n) is 2.56. The summed E-state index contributed by atoms with van der Waals surface area (Å²) in [4.78, 5) is 36.9. The third-order valence-corrected chi connectivity index (χ3v) is 3.96. The number of Topliss-reactive ketones (excluding diaryl/α,β-unsaturated/α-hetero) is 1. The molecular weight excluding hydrogens is 374 g/mol. The average Bonchev–Trinajstić information content (AvgIpc) is 3.28. The maximum Gasteiger partial charge on any atom is 0.340 e. The second-order valence-corrected chi connectivity index (χ2v) is 5.93. The van der Waals surface area contributed by atoms with Crippen LogP contribution in [0.4, 0.5) is 5.69 Å². The molecule has 0 bridgehead atoms. The summed E-state index contributed by atoms with van der Waals surface area (Å²) < 4.78 is 15.5. The normalized spacial score (nSPS) is 10.2. The molecule has 1 aromatic heterocycles. The van der Waals surface area contributed by atoms with Crippen LogP contribution in [0.3, 0.4) is 0 Å². The number of anilines is 1. The van der Waals surface area contributed by atoms with Crippen LogP contribution in [0.2, 0.25) is 0 Å². The van der Waals surface area contributed by atoms with E-state index in [1.165, 1.54) is 18.4 Å². The Bertz CT molecular complexity index is 992. The summed E-state index contributed by atoms with van der Waals surface area (Å²) in [6.45, 7) is 1.97. The van der Waals surface area contributed by atoms with Crippen molar-refractivity contribution in [2.24, 2.45) is 0 Å². The van der Waals surface area contributed by atoms with Gasteiger partial charge in [0.15, 0.2) is 18.2 Å². The molecule has 0 saturated heterocycles. The van der Waals surface area contributed by atoms with Gasteiger partial charge in [-0.2, -0.15) is 0 Å². The lowest BCUT2D eigenvalue weighted by Crippen LogP contribution is -2.18. The number of rotatable bonds is 8. The molecule has 3 aromatic rings. The third-order valence-electron chi connectivity index (χ3n) is 3.96. The largest absolute Gasteiger partial charge is 0.494 e. The molecule has 1 heterocycles. The van der Waals surface area contributed by atoms with Crippen molar-refractivity contribution in [3.63, 3.8) is 0 Å². The van der Waals surface area contributed by atoms with E-state index >= 15 is 0 Å². The lowest BCUT2D eigenvalue weighted by molar-refractivity contribution is 0.0475. The number of nitrogens with one attached hydrogen (secondary N) is 1. The van der Waals surface area contributed by atoms with Gasteiger partial charge >= 0.3 is 5.97 Å². The highest BCUT2D eigenvalue weighted by Gasteiger charge is 2.18. The van der Waals surface area contributed by atoms with Crippen LogP contribution in [0.5, 0.6) is 5.75 Å². The van der Waals surface area contributed by atoms with Crippen molar-refractivity contribution in [1.82, 2.24) is 0 Å². The van der Waals surface area contributed by atoms with Crippen LogP contribution in [0, 0.1) is 0 Å². The van der Waals surface area contributed by atoms with Gasteiger partial charge in [0.25, 0.3) is 5.91 Å². The van der Waals surface area contributed by atoms with Gasteiger partial charge in [-0.3, -0.25) is 9.59 Å². The summed E-state index contributed by atoms with van der Waals surface area (Å²) in [5.41, 5.74) is 0.792. The highest BCUT2D eigenvalue weighted by atomic mass is 16.5. The minimum atomic E-state index is -0.723. The number of ether oxygens (including phenoxy) is 2. The van der Waals surface area contributed by atoms with E-state index in [4.69, 9.17) is 13.9 Å². The molecule has 0 aliphatic heterocycles. The zero-order valence-corrected chi connectivity index (χ0v) is 15.7. The van der Waals surface area contributed by atoms with Crippen molar-refractivity contribution < 1.29 is 28.3 Å². The third kappa shape index (κ3) is 5.10. The van der Waals surface area contributed by atoms with Crippen molar-refractivity contribution in [2.45, 2.75) is 6.92 Å². The van der Waals surface area contributed by atoms with Gasteiger partial charge in [-0.25, -0.2) is 4.79 Å². The SMILES string of the molecule is CCOc1ccc(C(=O)COC(=O)c2ccccc2NC(=O)c2ccco2)cc1. The first kappa shape index (κ1) is 19.9. The Balaban J connectivity index is 1.63. The van der Waals surface area contributed by atoms with Crippen LogP contribution in [-0.4, -0.2) is 30.9 Å². The number of hydrogen-bond acceptors (Lipinski definition) is 6. The molecule has 0 aliphatic carbocycles. The van der Waals surface area contributed by atoms with Crippen LogP contribution in [0.1, 0.15) is 38.2 Å². The number of carbonyl (C=O) groups excluding carboxylic acids is 3. The van der Waals surface area contributed by atoms with E-state index in [2.05, 4.69) is 5.32 Å². The fraction of sp³-hybridized carbons (Fsp3) is 0.136. The van der Waals surface area contributed by atoms with E-state index < -0.39 is 18.5 Å². The molecule has 29 heavy (non-hydrogen) atoms. The molecule has 2 aromatic carbocycles. The van der Waals surface area contributed by atoms with E-state index in [0.29, 0.717) is 17.9 Å². The molecule has 0 radical (unpaired) electrons. The summed E-state index contributed by atoms with van der Waals surface area (Å²) in [6, 6.07) is 16.0. The Morgan fingerprint density at radius 1 is 0.966 bits per heavy atom. The molecule has 7 heteroatoms. The van der Waals surface area contributed by atoms with E-state index in [0.717, 1.165) is 0 Å². The van der Waals surface area contributed by atoms with Crippen molar-refractivity contribution in [3.05, 3.63) is 83.8 Å². The van der Waals surface area contributed by atoms with Crippen LogP contribution < -0.4 is 10.1 Å². The molecule has 0 spiro atoms. The monoisotopic (exact) mass is 393 g/mol. The summed E-state index contributed by atoms with van der Waals surface area (Å²) in [5.74, 6) is -0.806. The molecule has 0 fully saturated rings. The number of benzene rings is 2. The Labute approximate surface area is 167 Å². The van der Waals surface area contributed by atoms with Gasteiger partial charge in [-0.05, 0) is 55.5 Å². The highest BCUT2D eigenvalue weighted by Crippen LogP contribution is 2.18. The lowest BCUT2D eigenvalue weighted by atomic mass is 10.1. The first-order valence-corrected chi connectivity index (χ1v) is 8.95. The quantitative estimate of drug-likeness (QED) is 0.460. The average molecular weight is 393 g/mol. The topological polar surface area (TPSA) is 94.8 Å². The number of carbonyl (C=O) groups is 3. The van der Waals surface area contributed by atoms with Gasteiger partial charge in [0.05, 0.1) is 24.1 Å². The molecule has 0 aliphatic rings. The van der Waals surface area contributed by atoms with Crippen LogP contribution >= 0.6 is 0 Å². The van der Waals surface area contributed by atoms with E-state index in [9.17, 15) is 14.4 Å². The van der Waals surface area contributed by atoms with E-state index in [1.54, 1.807) is 48.5 Å². The predicted molar refractivity (Wildman–Crippen MR) is 105 cm³/mol. The van der Waals surface area contributed by atoms with Crippen molar-refractivity contribution in [1.29, 1.82) is 0 Å². The second-order valence-electron chi connectivity index (χ2n) is 5.93. The Kier molecular flexibility index (Phi) is 6.42. The van der Waals surface area contributed by atoms with E-state index in [1.807, 2.05) is 6.92 Å². The van der Waals surface area contributed by atoms with Crippen molar-refractivity contribution in [2.75, 3.05) is 18.5 Å². The van der Waals surface area contributed by atoms with Gasteiger partial charge in [0, 0.05) is 5.56 Å². The molecule has 0 saturated carbocycles. The molecule has 1 N–H and O–H groups in total. The number of esters is 1. The second kappa shape index (κ2) is 9.36. The molecule has 1 amide bonds. The van der Waals surface area contributed by atoms with Crippen LogP contribution in [0.25, 0.3) is 0 Å². The van der Waals surface area contributed by atoms with Crippen LogP contribution in [-0.2, 0) is 4.74 Å². The Morgan fingerprint density at radius 3 is 2.41 bits per heavy atom. The van der Waals surface area contributed by atoms with Gasteiger partial charge < -0.3 is 19.2 Å². The summed E-state index contributed by atoms with van der Waals surface area (Å²) in [5, 5.41) is 2.60. The van der Waals surface area contributed by atoms with Gasteiger partial charge in [-0.1, -0.05) is 12.1 Å². The first-order valence-electron chi connectivity index (χ1n) is 8.95. The van der Waals surface area contributed by atoms with Gasteiger partial charge in [0.2, 0.25) is 0 Å². The van der Waals surface area contributed by atoms with E-state index in [-0.39, 0.29) is 22.8 Å². The number of ketones is 1. The first-order chi connectivity index (χ1) is 14.1. The summed E-state index contributed by atoms with van der Waals surface area (Å²) in [7, 11) is 0. The number of para-hydroxylation sites is 1. The smallest absolute Gasteiger partial charge is 0.340 e. The molecule has 3 rings (SSSR count). The van der Waals surface area contributed by atoms with Crippen LogP contribution in [0.15, 0.2) is 71.3 Å². The summed E-state index contributed by atoms with van der Waals surface area (Å²) >= 11 is 0. The zero-order chi connectivity index (χ0) is 20.6. The Morgan fingerprint density at radius 2 is 1.72 bits per heavy atom. The Hall–Kier alpha value is -3.87. The lowest BCUT2D eigenvalue weighted by Gasteiger charge is -2.10. The molecule has 0 atom stereocenters. The molecule has 148 valence electrons. The predicted octanol–water partition coefficient (Wildman–Crippen LogP) is 3.97. The zero-order valence-electron chi connectivity index (χ0n) is 15.7. The molecule has 7 nitrogen and oxygen atoms in total. The van der Waals surface area contributed by atoms with Gasteiger partial charge in [0.1, 0.15) is 5.75 Å². The van der Waals surface area contributed by atoms with Gasteiger partial charge in [-0.15, -0.1) is 0 Å².